The van der Waals surface area contributed by atoms with Gasteiger partial charge in [-0.3, -0.25) is 5.14 Å². The van der Waals surface area contributed by atoms with Crippen molar-refractivity contribution in [2.24, 2.45) is 5.14 Å². The van der Waals surface area contributed by atoms with Gasteiger partial charge in [-0.2, -0.15) is 0 Å². The maximum Gasteiger partial charge on any atom is 0.120 e. The molecule has 2 aromatic carbocycles. The highest BCUT2D eigenvalue weighted by atomic mass is 32.2. The van der Waals surface area contributed by atoms with Crippen molar-refractivity contribution >= 4 is 22.7 Å². The van der Waals surface area contributed by atoms with Crippen molar-refractivity contribution in [2.45, 2.75) is 36.7 Å². The van der Waals surface area contributed by atoms with Gasteiger partial charge in [0, 0.05) is 4.90 Å². The number of benzene rings is 2. The number of ether oxygens (including phenoxy) is 1. The summed E-state index contributed by atoms with van der Waals surface area (Å²) >= 11 is 1.28. The average Bonchev–Trinajstić information content (AvgIpc) is 2.91. The molecular formula is C15H17NOS. The summed E-state index contributed by atoms with van der Waals surface area (Å²) in [5.74, 6) is 0.988. The fourth-order valence-electron chi connectivity index (χ4n) is 2.55. The summed E-state index contributed by atoms with van der Waals surface area (Å²) in [4.78, 5) is 1.09. The fourth-order valence-corrected chi connectivity index (χ4v) is 2.89. The normalized spacial score (nSPS) is 16.3. The lowest BCUT2D eigenvalue weighted by Crippen LogP contribution is -2.10. The highest BCUT2D eigenvalue weighted by Gasteiger charge is 2.16. The van der Waals surface area contributed by atoms with Crippen molar-refractivity contribution in [3.05, 3.63) is 36.4 Å². The van der Waals surface area contributed by atoms with Crippen molar-refractivity contribution in [2.75, 3.05) is 0 Å². The smallest absolute Gasteiger partial charge is 0.120 e. The second-order valence-electron chi connectivity index (χ2n) is 4.81. The number of fused-ring (bicyclic) bond motifs is 1. The van der Waals surface area contributed by atoms with Crippen LogP contribution in [-0.4, -0.2) is 6.10 Å². The van der Waals surface area contributed by atoms with Crippen molar-refractivity contribution in [1.82, 2.24) is 0 Å². The first kappa shape index (κ1) is 11.9. The summed E-state index contributed by atoms with van der Waals surface area (Å²) in [6.07, 6.45) is 5.41. The second kappa shape index (κ2) is 5.21. The van der Waals surface area contributed by atoms with E-state index in [-0.39, 0.29) is 0 Å². The molecule has 3 heteroatoms. The molecule has 0 aromatic heterocycles. The van der Waals surface area contributed by atoms with E-state index in [1.165, 1.54) is 48.4 Å². The molecule has 2 nitrogen and oxygen atoms in total. The third-order valence-electron chi connectivity index (χ3n) is 3.52. The molecule has 0 saturated heterocycles. The van der Waals surface area contributed by atoms with Crippen LogP contribution in [0.2, 0.25) is 0 Å². The Balaban J connectivity index is 1.86. The van der Waals surface area contributed by atoms with E-state index in [1.54, 1.807) is 0 Å². The quantitative estimate of drug-likeness (QED) is 0.842. The van der Waals surface area contributed by atoms with Crippen molar-refractivity contribution in [3.8, 4) is 5.75 Å². The maximum atomic E-state index is 6.01. The van der Waals surface area contributed by atoms with Crippen LogP contribution in [0.3, 0.4) is 0 Å². The van der Waals surface area contributed by atoms with Gasteiger partial charge >= 0.3 is 0 Å². The maximum absolute atomic E-state index is 6.01. The van der Waals surface area contributed by atoms with Crippen LogP contribution >= 0.6 is 11.9 Å². The Kier molecular flexibility index (Phi) is 3.43. The Labute approximate surface area is 112 Å². The predicted molar refractivity (Wildman–Crippen MR) is 76.9 cm³/mol. The molecular weight excluding hydrogens is 242 g/mol. The molecule has 1 aliphatic rings. The molecule has 1 saturated carbocycles. The summed E-state index contributed by atoms with van der Waals surface area (Å²) in [6.45, 7) is 0. The van der Waals surface area contributed by atoms with Crippen LogP contribution in [0.4, 0.5) is 0 Å². The lowest BCUT2D eigenvalue weighted by Gasteiger charge is -2.13. The van der Waals surface area contributed by atoms with Crippen molar-refractivity contribution < 1.29 is 4.74 Å². The summed E-state index contributed by atoms with van der Waals surface area (Å²) in [6, 6.07) is 12.6. The Morgan fingerprint density at radius 1 is 1.00 bits per heavy atom. The monoisotopic (exact) mass is 259 g/mol. The molecule has 0 amide bonds. The van der Waals surface area contributed by atoms with Gasteiger partial charge in [0.25, 0.3) is 0 Å². The molecule has 2 N–H and O–H groups in total. The highest BCUT2D eigenvalue weighted by molar-refractivity contribution is 7.97. The zero-order valence-corrected chi connectivity index (χ0v) is 11.1. The molecule has 0 unspecified atom stereocenters. The minimum absolute atomic E-state index is 0.418. The van der Waals surface area contributed by atoms with Gasteiger partial charge in [0.15, 0.2) is 0 Å². The van der Waals surface area contributed by atoms with E-state index in [9.17, 15) is 0 Å². The van der Waals surface area contributed by atoms with Crippen molar-refractivity contribution in [3.63, 3.8) is 0 Å². The molecule has 18 heavy (non-hydrogen) atoms. The molecule has 0 aliphatic heterocycles. The Hall–Kier alpha value is -1.19. The number of hydrogen-bond acceptors (Lipinski definition) is 3. The minimum Gasteiger partial charge on any atom is -0.490 e. The second-order valence-corrected chi connectivity index (χ2v) is 5.52. The van der Waals surface area contributed by atoms with Gasteiger partial charge in [0.05, 0.1) is 6.10 Å². The standard InChI is InChI=1S/C15H17NOS/c16-18-15-8-6-11-9-14(7-5-12(11)10-15)17-13-3-1-2-4-13/h5-10,13H,1-4,16H2. The van der Waals surface area contributed by atoms with E-state index in [2.05, 4.69) is 30.3 Å². The summed E-state index contributed by atoms with van der Waals surface area (Å²) in [5, 5.41) is 8.00. The topological polar surface area (TPSA) is 35.2 Å². The molecule has 94 valence electrons. The molecule has 0 atom stereocenters. The molecule has 0 radical (unpaired) electrons. The summed E-state index contributed by atoms with van der Waals surface area (Å²) < 4.78 is 6.01. The zero-order chi connectivity index (χ0) is 12.4. The third kappa shape index (κ3) is 2.47. The van der Waals surface area contributed by atoms with Crippen molar-refractivity contribution in [1.29, 1.82) is 0 Å². The largest absolute Gasteiger partial charge is 0.490 e. The predicted octanol–water partition coefficient (Wildman–Crippen LogP) is 4.13. The molecule has 3 rings (SSSR count). The van der Waals surface area contributed by atoms with E-state index in [0.29, 0.717) is 6.10 Å². The van der Waals surface area contributed by atoms with Crippen LogP contribution < -0.4 is 9.88 Å². The van der Waals surface area contributed by atoms with Gasteiger partial charge in [-0.25, -0.2) is 0 Å². The van der Waals surface area contributed by atoms with Gasteiger partial charge in [-0.1, -0.05) is 12.1 Å². The van der Waals surface area contributed by atoms with E-state index in [4.69, 9.17) is 9.88 Å². The minimum atomic E-state index is 0.418. The highest BCUT2D eigenvalue weighted by Crippen LogP contribution is 2.28. The number of rotatable bonds is 3. The van der Waals surface area contributed by atoms with Crippen LogP contribution in [0.25, 0.3) is 10.8 Å². The van der Waals surface area contributed by atoms with E-state index in [1.807, 2.05) is 6.07 Å². The molecule has 0 bridgehead atoms. The fraction of sp³-hybridized carbons (Fsp3) is 0.333. The summed E-state index contributed by atoms with van der Waals surface area (Å²) in [7, 11) is 0. The molecule has 2 aromatic rings. The molecule has 1 aliphatic carbocycles. The molecule has 0 spiro atoms. The van der Waals surface area contributed by atoms with Gasteiger partial charge in [-0.15, -0.1) is 0 Å². The first-order valence-electron chi connectivity index (χ1n) is 6.42. The van der Waals surface area contributed by atoms with Gasteiger partial charge in [-0.05, 0) is 72.7 Å². The number of nitrogens with two attached hydrogens (primary N) is 1. The van der Waals surface area contributed by atoms with Crippen LogP contribution in [-0.2, 0) is 0 Å². The Morgan fingerprint density at radius 3 is 2.50 bits per heavy atom. The molecule has 0 heterocycles. The van der Waals surface area contributed by atoms with Crippen LogP contribution in [0.5, 0.6) is 5.75 Å². The van der Waals surface area contributed by atoms with E-state index in [0.717, 1.165) is 10.6 Å². The average molecular weight is 259 g/mol. The van der Waals surface area contributed by atoms with Crippen LogP contribution in [0.15, 0.2) is 41.3 Å². The first-order valence-corrected chi connectivity index (χ1v) is 7.30. The number of hydrogen-bond donors (Lipinski definition) is 1. The first-order chi connectivity index (χ1) is 8.85. The lowest BCUT2D eigenvalue weighted by molar-refractivity contribution is 0.210. The van der Waals surface area contributed by atoms with Gasteiger partial charge in [0.2, 0.25) is 0 Å². The van der Waals surface area contributed by atoms with E-state index < -0.39 is 0 Å². The third-order valence-corrected chi connectivity index (χ3v) is 4.05. The van der Waals surface area contributed by atoms with E-state index >= 15 is 0 Å². The Morgan fingerprint density at radius 2 is 1.72 bits per heavy atom. The molecule has 1 fully saturated rings. The lowest BCUT2D eigenvalue weighted by atomic mass is 10.1. The summed E-state index contributed by atoms with van der Waals surface area (Å²) in [5.41, 5.74) is 0. The van der Waals surface area contributed by atoms with Gasteiger partial charge in [0.1, 0.15) is 5.75 Å². The van der Waals surface area contributed by atoms with Crippen LogP contribution in [0, 0.1) is 0 Å². The van der Waals surface area contributed by atoms with Gasteiger partial charge < -0.3 is 4.74 Å². The SMILES string of the molecule is NSc1ccc2cc(OC3CCCC3)ccc2c1. The Bertz CT molecular complexity index is 549. The zero-order valence-electron chi connectivity index (χ0n) is 10.3. The van der Waals surface area contributed by atoms with Crippen LogP contribution in [0.1, 0.15) is 25.7 Å².